The number of rotatable bonds is 4. The van der Waals surface area contributed by atoms with Gasteiger partial charge in [0.1, 0.15) is 24.0 Å². The molecule has 0 aliphatic heterocycles. The summed E-state index contributed by atoms with van der Waals surface area (Å²) in [6, 6.07) is 6.97. The van der Waals surface area contributed by atoms with E-state index >= 15 is 0 Å². The van der Waals surface area contributed by atoms with Crippen molar-refractivity contribution in [3.05, 3.63) is 64.2 Å². The second-order valence-corrected chi connectivity index (χ2v) is 4.41. The highest BCUT2D eigenvalue weighted by Gasteiger charge is 2.08. The molecule has 0 amide bonds. The van der Waals surface area contributed by atoms with E-state index in [1.54, 1.807) is 0 Å². The lowest BCUT2D eigenvalue weighted by Crippen LogP contribution is -2.00. The molecule has 0 aromatic heterocycles. The fourth-order valence-corrected chi connectivity index (χ4v) is 1.81. The van der Waals surface area contributed by atoms with Gasteiger partial charge < -0.3 is 9.84 Å². The van der Waals surface area contributed by atoms with Gasteiger partial charge in [-0.3, -0.25) is 0 Å². The first-order valence-electron chi connectivity index (χ1n) is 5.56. The second kappa shape index (κ2) is 5.88. The Hall–Kier alpha value is -2.14. The van der Waals surface area contributed by atoms with Gasteiger partial charge in [0.15, 0.2) is 0 Å². The fourth-order valence-electron chi connectivity index (χ4n) is 1.57. The molecular weight excluding hydrogens is 290 g/mol. The first-order chi connectivity index (χ1) is 9.45. The van der Waals surface area contributed by atoms with Crippen LogP contribution in [0.15, 0.2) is 36.4 Å². The fraction of sp³-hybridized carbons (Fsp3) is 0.0714. The van der Waals surface area contributed by atoms with Crippen LogP contribution in [-0.2, 0) is 6.61 Å². The zero-order chi connectivity index (χ0) is 14.7. The largest absolute Gasteiger partial charge is 0.489 e. The normalized spacial score (nSPS) is 10.3. The number of ether oxygens (including phenoxy) is 1. The van der Waals surface area contributed by atoms with Gasteiger partial charge in [-0.1, -0.05) is 17.7 Å². The summed E-state index contributed by atoms with van der Waals surface area (Å²) in [5.74, 6) is -2.55. The molecule has 3 nitrogen and oxygen atoms in total. The molecule has 0 aliphatic carbocycles. The Balaban J connectivity index is 2.12. The molecule has 0 fully saturated rings. The van der Waals surface area contributed by atoms with Crippen molar-refractivity contribution >= 4 is 17.6 Å². The minimum atomic E-state index is -1.09. The summed E-state index contributed by atoms with van der Waals surface area (Å²) in [5, 5.41) is 9.01. The summed E-state index contributed by atoms with van der Waals surface area (Å²) in [7, 11) is 0. The molecule has 6 heteroatoms. The first-order valence-corrected chi connectivity index (χ1v) is 5.94. The molecule has 0 unspecified atom stereocenters. The number of hydrogen-bond acceptors (Lipinski definition) is 2. The number of carbonyl (C=O) groups is 1. The highest BCUT2D eigenvalue weighted by molar-refractivity contribution is 6.31. The van der Waals surface area contributed by atoms with E-state index < -0.39 is 17.6 Å². The van der Waals surface area contributed by atoms with E-state index in [0.29, 0.717) is 5.56 Å². The maximum atomic E-state index is 13.0. The van der Waals surface area contributed by atoms with Crippen molar-refractivity contribution in [1.29, 1.82) is 0 Å². The lowest BCUT2D eigenvalue weighted by Gasteiger charge is -2.08. The Morgan fingerprint density at radius 1 is 1.15 bits per heavy atom. The molecule has 0 radical (unpaired) electrons. The third-order valence-corrected chi connectivity index (χ3v) is 2.88. The highest BCUT2D eigenvalue weighted by Crippen LogP contribution is 2.21. The Morgan fingerprint density at radius 3 is 2.35 bits per heavy atom. The molecule has 20 heavy (non-hydrogen) atoms. The molecule has 0 bridgehead atoms. The van der Waals surface area contributed by atoms with Gasteiger partial charge in [-0.2, -0.15) is 0 Å². The average Bonchev–Trinajstić information content (AvgIpc) is 2.36. The van der Waals surface area contributed by atoms with Crippen molar-refractivity contribution < 1.29 is 23.4 Å². The summed E-state index contributed by atoms with van der Waals surface area (Å²) in [5.41, 5.74) is 0.567. The zero-order valence-corrected chi connectivity index (χ0v) is 10.8. The SMILES string of the molecule is O=C(O)c1ccc(COc2cc(F)cc(F)c2)c(Cl)c1. The molecule has 2 aromatic rings. The summed E-state index contributed by atoms with van der Waals surface area (Å²) >= 11 is 5.91. The van der Waals surface area contributed by atoms with Crippen molar-refractivity contribution in [2.45, 2.75) is 6.61 Å². The minimum Gasteiger partial charge on any atom is -0.489 e. The van der Waals surface area contributed by atoms with Crippen LogP contribution in [-0.4, -0.2) is 11.1 Å². The highest BCUT2D eigenvalue weighted by atomic mass is 35.5. The third kappa shape index (κ3) is 3.45. The van der Waals surface area contributed by atoms with E-state index in [0.717, 1.165) is 18.2 Å². The van der Waals surface area contributed by atoms with Crippen LogP contribution < -0.4 is 4.74 Å². The minimum absolute atomic E-state index is 0.0262. The van der Waals surface area contributed by atoms with Gasteiger partial charge >= 0.3 is 5.97 Å². The smallest absolute Gasteiger partial charge is 0.335 e. The molecule has 2 rings (SSSR count). The van der Waals surface area contributed by atoms with Crippen LogP contribution in [0.1, 0.15) is 15.9 Å². The first kappa shape index (κ1) is 14.3. The van der Waals surface area contributed by atoms with Gasteiger partial charge in [0.2, 0.25) is 0 Å². The third-order valence-electron chi connectivity index (χ3n) is 2.53. The summed E-state index contributed by atoms with van der Waals surface area (Å²) in [4.78, 5) is 10.7. The van der Waals surface area contributed by atoms with Crippen molar-refractivity contribution in [2.75, 3.05) is 0 Å². The van der Waals surface area contributed by atoms with Gasteiger partial charge in [0.25, 0.3) is 0 Å². The maximum absolute atomic E-state index is 13.0. The monoisotopic (exact) mass is 298 g/mol. The molecule has 2 aromatic carbocycles. The number of benzene rings is 2. The number of aromatic carboxylic acids is 1. The van der Waals surface area contributed by atoms with Gasteiger partial charge in [0.05, 0.1) is 5.56 Å². The molecule has 0 saturated heterocycles. The quantitative estimate of drug-likeness (QED) is 0.931. The molecule has 0 spiro atoms. The van der Waals surface area contributed by atoms with E-state index in [9.17, 15) is 13.6 Å². The number of hydrogen-bond donors (Lipinski definition) is 1. The molecule has 0 heterocycles. The van der Waals surface area contributed by atoms with Crippen molar-refractivity contribution in [2.24, 2.45) is 0 Å². The van der Waals surface area contributed by atoms with E-state index in [1.165, 1.54) is 18.2 Å². The maximum Gasteiger partial charge on any atom is 0.335 e. The summed E-state index contributed by atoms with van der Waals surface area (Å²) < 4.78 is 31.2. The van der Waals surface area contributed by atoms with Crippen LogP contribution in [0.25, 0.3) is 0 Å². The average molecular weight is 299 g/mol. The van der Waals surface area contributed by atoms with Crippen LogP contribution >= 0.6 is 11.6 Å². The molecule has 0 aliphatic rings. The van der Waals surface area contributed by atoms with Gasteiger partial charge in [-0.15, -0.1) is 0 Å². The Labute approximate surface area is 118 Å². The summed E-state index contributed by atoms with van der Waals surface area (Å²) in [6.45, 7) is -0.0262. The van der Waals surface area contributed by atoms with E-state index in [1.807, 2.05) is 0 Å². The predicted molar refractivity (Wildman–Crippen MR) is 69.1 cm³/mol. The van der Waals surface area contributed by atoms with Crippen molar-refractivity contribution in [3.8, 4) is 5.75 Å². The topological polar surface area (TPSA) is 46.5 Å². The van der Waals surface area contributed by atoms with Crippen LogP contribution in [0.3, 0.4) is 0 Å². The standard InChI is InChI=1S/C14H9ClF2O3/c15-13-3-8(14(18)19)1-2-9(13)7-20-12-5-10(16)4-11(17)6-12/h1-6H,7H2,(H,18,19). The Morgan fingerprint density at radius 2 is 1.80 bits per heavy atom. The molecule has 0 saturated carbocycles. The number of carboxylic acids is 1. The van der Waals surface area contributed by atoms with E-state index in [2.05, 4.69) is 0 Å². The Kier molecular flexibility index (Phi) is 4.20. The van der Waals surface area contributed by atoms with Gasteiger partial charge in [0, 0.05) is 28.8 Å². The zero-order valence-electron chi connectivity index (χ0n) is 10.1. The molecule has 104 valence electrons. The van der Waals surface area contributed by atoms with Crippen LogP contribution in [0.2, 0.25) is 5.02 Å². The lowest BCUT2D eigenvalue weighted by atomic mass is 10.1. The Bertz CT molecular complexity index is 639. The molecular formula is C14H9ClF2O3. The van der Waals surface area contributed by atoms with Gasteiger partial charge in [-0.25, -0.2) is 13.6 Å². The van der Waals surface area contributed by atoms with E-state index in [4.69, 9.17) is 21.4 Å². The van der Waals surface area contributed by atoms with Crippen molar-refractivity contribution in [3.63, 3.8) is 0 Å². The number of halogens is 3. The number of carboxylic acid groups (broad SMARTS) is 1. The second-order valence-electron chi connectivity index (χ2n) is 4.01. The van der Waals surface area contributed by atoms with E-state index in [-0.39, 0.29) is 22.9 Å². The molecule has 1 N–H and O–H groups in total. The summed E-state index contributed by atoms with van der Waals surface area (Å²) in [6.07, 6.45) is 0. The van der Waals surface area contributed by atoms with Gasteiger partial charge in [-0.05, 0) is 12.1 Å². The van der Waals surface area contributed by atoms with Crippen LogP contribution in [0.4, 0.5) is 8.78 Å². The predicted octanol–water partition coefficient (Wildman–Crippen LogP) is 3.90. The lowest BCUT2D eigenvalue weighted by molar-refractivity contribution is 0.0697. The molecule has 0 atom stereocenters. The van der Waals surface area contributed by atoms with Crippen molar-refractivity contribution in [1.82, 2.24) is 0 Å². The van der Waals surface area contributed by atoms with Crippen LogP contribution in [0.5, 0.6) is 5.75 Å². The van der Waals surface area contributed by atoms with Crippen LogP contribution in [0, 0.1) is 11.6 Å².